The number of aryl methyl sites for hydroxylation is 3. The molecular weight excluding hydrogens is 552 g/mol. The molecule has 4 rings (SSSR count). The molecule has 1 aliphatic rings. The number of amides is 2. The minimum Gasteiger partial charge on any atom is -0.495 e. The molecule has 3 N–H and O–H groups in total. The molecule has 2 amide bonds. The molecule has 0 spiro atoms. The lowest BCUT2D eigenvalue weighted by Gasteiger charge is -2.42. The molecule has 9 nitrogen and oxygen atoms in total. The Morgan fingerprint density at radius 3 is 2.55 bits per heavy atom. The van der Waals surface area contributed by atoms with Gasteiger partial charge >= 0.3 is 0 Å². The number of aromatic nitrogens is 2. The van der Waals surface area contributed by atoms with Crippen molar-refractivity contribution in [2.24, 2.45) is 5.73 Å². The lowest BCUT2D eigenvalue weighted by Crippen LogP contribution is -2.48. The number of carbonyl (C=O) groups is 2. The predicted molar refractivity (Wildman–Crippen MR) is 166 cm³/mol. The molecule has 0 radical (unpaired) electrons. The number of pyridine rings is 2. The summed E-state index contributed by atoms with van der Waals surface area (Å²) in [6.07, 6.45) is 6.50. The largest absolute Gasteiger partial charge is 0.495 e. The van der Waals surface area contributed by atoms with Crippen LogP contribution in [0.15, 0.2) is 42.7 Å². The number of primary amides is 1. The number of likely N-dealkylation sites (tertiary alicyclic amines) is 1. The van der Waals surface area contributed by atoms with Gasteiger partial charge in [-0.3, -0.25) is 14.6 Å². The molecule has 3 heterocycles. The molecule has 0 saturated carbocycles. The van der Waals surface area contributed by atoms with Gasteiger partial charge in [0.15, 0.2) is 0 Å². The predicted octanol–water partition coefficient (Wildman–Crippen LogP) is 4.84. The van der Waals surface area contributed by atoms with Gasteiger partial charge in [-0.2, -0.15) is 0 Å². The van der Waals surface area contributed by atoms with Gasteiger partial charge < -0.3 is 25.6 Å². The summed E-state index contributed by atoms with van der Waals surface area (Å²) in [6, 6.07) is 9.74. The molecule has 0 bridgehead atoms. The second-order valence-corrected chi connectivity index (χ2v) is 11.5. The molecule has 2 aromatic heterocycles. The minimum atomic E-state index is -0.483. The summed E-state index contributed by atoms with van der Waals surface area (Å²) < 4.78 is 5.73. The highest BCUT2D eigenvalue weighted by atomic mass is 35.5. The van der Waals surface area contributed by atoms with Crippen LogP contribution in [0.25, 0.3) is 0 Å². The van der Waals surface area contributed by atoms with Crippen LogP contribution in [0, 0.1) is 20.8 Å². The van der Waals surface area contributed by atoms with Crippen molar-refractivity contribution in [3.8, 4) is 5.75 Å². The van der Waals surface area contributed by atoms with Crippen LogP contribution in [-0.4, -0.2) is 65.5 Å². The second-order valence-electron chi connectivity index (χ2n) is 11.1. The number of carbonyl (C=O) groups excluding carboxylic acids is 2. The third-order valence-corrected chi connectivity index (χ3v) is 8.46. The zero-order valence-electron chi connectivity index (χ0n) is 25.1. The number of anilines is 1. The van der Waals surface area contributed by atoms with E-state index in [-0.39, 0.29) is 11.9 Å². The van der Waals surface area contributed by atoms with Gasteiger partial charge in [-0.15, -0.1) is 0 Å². The molecule has 1 aromatic carbocycles. The number of rotatable bonds is 11. The molecule has 224 valence electrons. The van der Waals surface area contributed by atoms with Gasteiger partial charge in [-0.1, -0.05) is 11.6 Å². The first-order chi connectivity index (χ1) is 20.1. The van der Waals surface area contributed by atoms with Gasteiger partial charge in [0, 0.05) is 56.2 Å². The van der Waals surface area contributed by atoms with Crippen LogP contribution in [0.4, 0.5) is 5.69 Å². The average molecular weight is 593 g/mol. The number of halogens is 1. The molecular formula is C32H41ClN6O3. The molecule has 0 aliphatic carbocycles. The number of ether oxygens (including phenoxy) is 1. The van der Waals surface area contributed by atoms with Crippen LogP contribution >= 0.6 is 11.6 Å². The Morgan fingerprint density at radius 1 is 1.17 bits per heavy atom. The SMILES string of the molecule is COc1cc(C(N)=O)ccc1N(Cc1cnccc1C)C1CCN([C@H](C)CCNC(=O)c2c(C)cc(Cl)nc2C)CC1. The van der Waals surface area contributed by atoms with E-state index in [1.807, 2.05) is 31.5 Å². The third kappa shape index (κ3) is 7.38. The zero-order valence-corrected chi connectivity index (χ0v) is 25.9. The summed E-state index contributed by atoms with van der Waals surface area (Å²) in [5.74, 6) is 0.0292. The van der Waals surface area contributed by atoms with E-state index < -0.39 is 5.91 Å². The van der Waals surface area contributed by atoms with Gasteiger partial charge in [-0.05, 0) is 94.0 Å². The van der Waals surface area contributed by atoms with Gasteiger partial charge in [0.05, 0.1) is 24.1 Å². The van der Waals surface area contributed by atoms with Gasteiger partial charge in [0.2, 0.25) is 5.91 Å². The van der Waals surface area contributed by atoms with E-state index >= 15 is 0 Å². The first-order valence-corrected chi connectivity index (χ1v) is 14.8. The fourth-order valence-electron chi connectivity index (χ4n) is 5.76. The van der Waals surface area contributed by atoms with Crippen LogP contribution in [0.1, 0.15) is 69.3 Å². The van der Waals surface area contributed by atoms with E-state index in [9.17, 15) is 9.59 Å². The van der Waals surface area contributed by atoms with Crippen LogP contribution in [-0.2, 0) is 6.54 Å². The summed E-state index contributed by atoms with van der Waals surface area (Å²) in [7, 11) is 1.62. The molecule has 10 heteroatoms. The number of nitrogens with zero attached hydrogens (tertiary/aromatic N) is 4. The van der Waals surface area contributed by atoms with Crippen molar-refractivity contribution in [1.29, 1.82) is 0 Å². The lowest BCUT2D eigenvalue weighted by molar-refractivity contribution is 0.0942. The molecule has 1 aliphatic heterocycles. The standard InChI is InChI=1S/C32H41ClN6O3/c1-20-8-12-35-18-25(20)19-39(27-7-6-24(31(34)40)17-28(27)42-5)26-10-14-38(15-11-26)22(3)9-13-36-32(41)30-21(2)16-29(33)37-23(30)4/h6-8,12,16-18,22,26H,9-11,13-15,19H2,1-5H3,(H2,34,40)(H,36,41)/t22-/m1/s1. The van der Waals surface area contributed by atoms with Crippen LogP contribution < -0.4 is 20.7 Å². The summed E-state index contributed by atoms with van der Waals surface area (Å²) in [5.41, 5.74) is 11.3. The van der Waals surface area contributed by atoms with Crippen LogP contribution in [0.2, 0.25) is 5.15 Å². The zero-order chi connectivity index (χ0) is 30.4. The van der Waals surface area contributed by atoms with Crippen molar-refractivity contribution in [2.45, 2.75) is 65.6 Å². The minimum absolute atomic E-state index is 0.113. The highest BCUT2D eigenvalue weighted by molar-refractivity contribution is 6.29. The normalized spacial score (nSPS) is 14.8. The van der Waals surface area contributed by atoms with Crippen molar-refractivity contribution >= 4 is 29.1 Å². The summed E-state index contributed by atoms with van der Waals surface area (Å²) in [4.78, 5) is 38.1. The maximum Gasteiger partial charge on any atom is 0.253 e. The Morgan fingerprint density at radius 2 is 1.90 bits per heavy atom. The monoisotopic (exact) mass is 592 g/mol. The second kappa shape index (κ2) is 14.0. The number of benzene rings is 1. The van der Waals surface area contributed by atoms with E-state index in [0.29, 0.717) is 46.9 Å². The van der Waals surface area contributed by atoms with Crippen molar-refractivity contribution in [3.05, 3.63) is 81.4 Å². The fourth-order valence-corrected chi connectivity index (χ4v) is 6.05. The summed E-state index contributed by atoms with van der Waals surface area (Å²) >= 11 is 6.03. The third-order valence-electron chi connectivity index (χ3n) is 8.27. The number of nitrogens with one attached hydrogen (secondary N) is 1. The number of methoxy groups -OCH3 is 1. The quantitative estimate of drug-likeness (QED) is 0.306. The van der Waals surface area contributed by atoms with Gasteiger partial charge in [-0.25, -0.2) is 4.98 Å². The van der Waals surface area contributed by atoms with Gasteiger partial charge in [0.1, 0.15) is 10.9 Å². The smallest absolute Gasteiger partial charge is 0.253 e. The Bertz CT molecular complexity index is 1400. The first kappa shape index (κ1) is 31.3. The molecule has 1 fully saturated rings. The highest BCUT2D eigenvalue weighted by Gasteiger charge is 2.29. The maximum absolute atomic E-state index is 12.8. The highest BCUT2D eigenvalue weighted by Crippen LogP contribution is 2.35. The van der Waals surface area contributed by atoms with E-state index in [1.54, 1.807) is 32.2 Å². The molecule has 42 heavy (non-hydrogen) atoms. The van der Waals surface area contributed by atoms with Crippen molar-refractivity contribution in [2.75, 3.05) is 31.6 Å². The van der Waals surface area contributed by atoms with Crippen LogP contribution in [0.5, 0.6) is 5.75 Å². The number of hydrogen-bond donors (Lipinski definition) is 2. The number of nitrogens with two attached hydrogens (primary N) is 1. The fraction of sp³-hybridized carbons (Fsp3) is 0.438. The molecule has 3 aromatic rings. The Balaban J connectivity index is 1.41. The lowest BCUT2D eigenvalue weighted by atomic mass is 9.98. The number of piperidine rings is 1. The average Bonchev–Trinajstić information content (AvgIpc) is 2.96. The van der Waals surface area contributed by atoms with Crippen LogP contribution in [0.3, 0.4) is 0 Å². The first-order valence-electron chi connectivity index (χ1n) is 14.4. The Kier molecular flexibility index (Phi) is 10.4. The molecule has 1 saturated heterocycles. The molecule has 1 atom stereocenters. The Labute approximate surface area is 253 Å². The van der Waals surface area contributed by atoms with Gasteiger partial charge in [0.25, 0.3) is 5.91 Å². The molecule has 0 unspecified atom stereocenters. The number of hydrogen-bond acceptors (Lipinski definition) is 7. The summed E-state index contributed by atoms with van der Waals surface area (Å²) in [5, 5.41) is 3.46. The van der Waals surface area contributed by atoms with E-state index in [0.717, 1.165) is 49.2 Å². The van der Waals surface area contributed by atoms with Crippen molar-refractivity contribution in [3.63, 3.8) is 0 Å². The van der Waals surface area contributed by atoms with E-state index in [2.05, 4.69) is 38.9 Å². The maximum atomic E-state index is 12.8. The van der Waals surface area contributed by atoms with Crippen molar-refractivity contribution < 1.29 is 14.3 Å². The van der Waals surface area contributed by atoms with E-state index in [4.69, 9.17) is 22.1 Å². The summed E-state index contributed by atoms with van der Waals surface area (Å²) in [6.45, 7) is 11.1. The Hall–Kier alpha value is -3.69. The topological polar surface area (TPSA) is 114 Å². The van der Waals surface area contributed by atoms with Crippen molar-refractivity contribution in [1.82, 2.24) is 20.2 Å². The van der Waals surface area contributed by atoms with E-state index in [1.165, 1.54) is 5.56 Å².